The first-order chi connectivity index (χ1) is 15.5. The van der Waals surface area contributed by atoms with Gasteiger partial charge in [-0.3, -0.25) is 0 Å². The highest BCUT2D eigenvalue weighted by Crippen LogP contribution is 2.47. The highest BCUT2D eigenvalue weighted by atomic mass is 32.3. The number of alkyl halides is 3. The zero-order chi connectivity index (χ0) is 26.1. The quantitative estimate of drug-likeness (QED) is 0.408. The van der Waals surface area contributed by atoms with E-state index >= 15 is 0 Å². The van der Waals surface area contributed by atoms with Crippen LogP contribution in [0.3, 0.4) is 0 Å². The van der Waals surface area contributed by atoms with Gasteiger partial charge in [0.1, 0.15) is 0 Å². The maximum absolute atomic E-state index is 13.8. The summed E-state index contributed by atoms with van der Waals surface area (Å²) in [5, 5.41) is -1.46. The van der Waals surface area contributed by atoms with Gasteiger partial charge in [-0.1, -0.05) is 26.7 Å². The molecule has 0 N–H and O–H groups in total. The minimum atomic E-state index is -6.58. The highest BCUT2D eigenvalue weighted by Gasteiger charge is 2.64. The van der Waals surface area contributed by atoms with Crippen LogP contribution in [0.15, 0.2) is 0 Å². The van der Waals surface area contributed by atoms with Crippen LogP contribution < -0.4 is 0 Å². The average molecular weight is 555 g/mol. The van der Waals surface area contributed by atoms with Crippen LogP contribution in [0.25, 0.3) is 0 Å². The van der Waals surface area contributed by atoms with E-state index in [-0.39, 0.29) is 44.3 Å². The molecule has 34 heavy (non-hydrogen) atoms. The number of rotatable bonds is 10. The van der Waals surface area contributed by atoms with Crippen LogP contribution in [0.1, 0.15) is 65.2 Å². The smallest absolute Gasteiger partial charge is 0.306 e. The lowest BCUT2D eigenvalue weighted by Crippen LogP contribution is -2.57. The first-order valence-corrected chi connectivity index (χ1v) is 16.4. The topological polar surface area (TPSA) is 109 Å². The fourth-order valence-corrected chi connectivity index (χ4v) is 14.9. The summed E-state index contributed by atoms with van der Waals surface area (Å²) in [4.78, 5) is 1.96. The van der Waals surface area contributed by atoms with E-state index in [2.05, 4.69) is 0 Å². The van der Waals surface area contributed by atoms with Gasteiger partial charge in [-0.25, -0.2) is 25.3 Å². The largest absolute Gasteiger partial charge is 0.499 e. The second kappa shape index (κ2) is 10.9. The molecule has 14 heteroatoms. The molecule has 2 aliphatic carbocycles. The van der Waals surface area contributed by atoms with E-state index in [1.54, 1.807) is 13.8 Å². The Morgan fingerprint density at radius 3 is 1.79 bits per heavy atom. The molecule has 0 bridgehead atoms. The molecule has 0 heterocycles. The van der Waals surface area contributed by atoms with Crippen LogP contribution in [0.5, 0.6) is 0 Å². The summed E-state index contributed by atoms with van der Waals surface area (Å²) < 4.78 is 118. The Balaban J connectivity index is 2.68. The van der Waals surface area contributed by atoms with Crippen LogP contribution in [-0.4, -0.2) is 82.4 Å². The standard InChI is InChI=1S/C20H37F3N2O6S3/c1-5-13-25(14-6-2)34(30,31)19(33(28,29)20(21,22)23)32(26,27)18-12-8-9-15-16(18)10-7-11-17(15)24(3)4/h15-19H,5-14H2,1-4H3. The SMILES string of the molecule is CCCN(CCC)S(=O)(=O)C(S(=O)(=O)C1CCCC2C1CCCC2N(C)C)S(=O)(=O)C(F)(F)F. The van der Waals surface area contributed by atoms with Crippen molar-refractivity contribution in [2.24, 2.45) is 11.8 Å². The molecule has 2 saturated carbocycles. The molecule has 5 atom stereocenters. The van der Waals surface area contributed by atoms with Crippen molar-refractivity contribution in [2.45, 2.75) is 85.9 Å². The van der Waals surface area contributed by atoms with E-state index in [0.29, 0.717) is 30.0 Å². The lowest BCUT2D eigenvalue weighted by atomic mass is 9.68. The zero-order valence-electron chi connectivity index (χ0n) is 20.2. The normalized spacial score (nSPS) is 28.1. The summed E-state index contributed by atoms with van der Waals surface area (Å²) in [7, 11) is -13.5. The van der Waals surface area contributed by atoms with Crippen LogP contribution in [0.4, 0.5) is 13.2 Å². The minimum absolute atomic E-state index is 0.00251. The van der Waals surface area contributed by atoms with E-state index in [1.807, 2.05) is 19.0 Å². The molecular formula is C20H37F3N2O6S3. The van der Waals surface area contributed by atoms with Gasteiger partial charge in [0, 0.05) is 19.1 Å². The van der Waals surface area contributed by atoms with Gasteiger partial charge in [-0.15, -0.1) is 0 Å². The number of fused-ring (bicyclic) bond motifs is 1. The summed E-state index contributed by atoms with van der Waals surface area (Å²) >= 11 is 0. The molecule has 0 amide bonds. The van der Waals surface area contributed by atoms with Gasteiger partial charge in [-0.05, 0) is 64.5 Å². The predicted molar refractivity (Wildman–Crippen MR) is 125 cm³/mol. The molecule has 0 aromatic heterocycles. The number of sulfonamides is 1. The van der Waals surface area contributed by atoms with Crippen molar-refractivity contribution < 1.29 is 38.4 Å². The monoisotopic (exact) mass is 554 g/mol. The van der Waals surface area contributed by atoms with E-state index in [9.17, 15) is 38.4 Å². The lowest BCUT2D eigenvalue weighted by molar-refractivity contribution is -0.0434. The highest BCUT2D eigenvalue weighted by molar-refractivity contribution is 8.24. The number of nitrogens with zero attached hydrogens (tertiary/aromatic N) is 2. The second-order valence-electron chi connectivity index (χ2n) is 9.57. The summed E-state index contributed by atoms with van der Waals surface area (Å²) in [6.45, 7) is 2.62. The predicted octanol–water partition coefficient (Wildman–Crippen LogP) is 2.97. The molecule has 2 fully saturated rings. The van der Waals surface area contributed by atoms with Gasteiger partial charge in [0.15, 0.2) is 9.84 Å². The molecule has 0 aromatic rings. The number of hydrogen-bond donors (Lipinski definition) is 0. The second-order valence-corrected chi connectivity index (χ2v) is 16.8. The molecule has 2 rings (SSSR count). The zero-order valence-corrected chi connectivity index (χ0v) is 22.6. The molecule has 2 aliphatic rings. The van der Waals surface area contributed by atoms with E-state index in [0.717, 1.165) is 6.42 Å². The van der Waals surface area contributed by atoms with Crippen molar-refractivity contribution in [1.82, 2.24) is 9.21 Å². The van der Waals surface area contributed by atoms with E-state index < -0.39 is 50.3 Å². The van der Waals surface area contributed by atoms with Gasteiger partial charge < -0.3 is 4.90 Å². The Kier molecular flexibility index (Phi) is 9.54. The van der Waals surface area contributed by atoms with Crippen molar-refractivity contribution in [3.05, 3.63) is 0 Å². The summed E-state index contributed by atoms with van der Waals surface area (Å²) in [6.07, 6.45) is 3.22. The molecule has 0 radical (unpaired) electrons. The van der Waals surface area contributed by atoms with Crippen LogP contribution in [0, 0.1) is 11.8 Å². The third kappa shape index (κ3) is 5.60. The molecule has 0 spiro atoms. The van der Waals surface area contributed by atoms with E-state index in [1.165, 1.54) is 0 Å². The summed E-state index contributed by atoms with van der Waals surface area (Å²) in [5.74, 6) is -0.747. The van der Waals surface area contributed by atoms with Gasteiger partial charge in [0.25, 0.3) is 13.8 Å². The third-order valence-corrected chi connectivity index (χ3v) is 16.3. The average Bonchev–Trinajstić information content (AvgIpc) is 2.71. The third-order valence-electron chi connectivity index (χ3n) is 7.06. The van der Waals surface area contributed by atoms with E-state index in [4.69, 9.17) is 0 Å². The Hall–Kier alpha value is -0.440. The fraction of sp³-hybridized carbons (Fsp3) is 1.00. The van der Waals surface area contributed by atoms with Crippen molar-refractivity contribution >= 4 is 29.7 Å². The Labute approximate surface area is 202 Å². The molecule has 0 aromatic carbocycles. The van der Waals surface area contributed by atoms with Gasteiger partial charge in [0.05, 0.1) is 5.25 Å². The maximum Gasteiger partial charge on any atom is 0.499 e. The number of halogens is 3. The first kappa shape index (κ1) is 29.8. The van der Waals surface area contributed by atoms with Gasteiger partial charge in [-0.2, -0.15) is 17.5 Å². The Bertz CT molecular complexity index is 1010. The maximum atomic E-state index is 13.8. The van der Waals surface area contributed by atoms with Crippen molar-refractivity contribution in [2.75, 3.05) is 27.2 Å². The fourth-order valence-electron chi connectivity index (χ4n) is 5.71. The summed E-state index contributed by atoms with van der Waals surface area (Å²) in [6, 6.07) is 0.00251. The Morgan fingerprint density at radius 1 is 0.824 bits per heavy atom. The van der Waals surface area contributed by atoms with Gasteiger partial charge >= 0.3 is 5.51 Å². The molecular weight excluding hydrogens is 517 g/mol. The van der Waals surface area contributed by atoms with Crippen LogP contribution in [-0.2, 0) is 29.7 Å². The molecule has 0 aliphatic heterocycles. The summed E-state index contributed by atoms with van der Waals surface area (Å²) in [5.41, 5.74) is -6.03. The Morgan fingerprint density at radius 2 is 1.32 bits per heavy atom. The molecule has 202 valence electrons. The van der Waals surface area contributed by atoms with Gasteiger partial charge in [0.2, 0.25) is 10.0 Å². The van der Waals surface area contributed by atoms with Crippen molar-refractivity contribution in [3.8, 4) is 0 Å². The van der Waals surface area contributed by atoms with Crippen LogP contribution >= 0.6 is 0 Å². The molecule has 8 nitrogen and oxygen atoms in total. The molecule has 0 saturated heterocycles. The lowest BCUT2D eigenvalue weighted by Gasteiger charge is -2.47. The van der Waals surface area contributed by atoms with Crippen molar-refractivity contribution in [3.63, 3.8) is 0 Å². The minimum Gasteiger partial charge on any atom is -0.306 e. The number of hydrogen-bond acceptors (Lipinski definition) is 7. The number of sulfone groups is 2. The van der Waals surface area contributed by atoms with Crippen LogP contribution in [0.2, 0.25) is 0 Å². The first-order valence-electron chi connectivity index (χ1n) is 11.7. The molecule has 5 unspecified atom stereocenters. The van der Waals surface area contributed by atoms with Crippen molar-refractivity contribution in [1.29, 1.82) is 0 Å².